The fraction of sp³-hybridized carbons (Fsp3) is 0.0833. The molecule has 0 radical (unpaired) electrons. The Morgan fingerprint density at radius 1 is 1.33 bits per heavy atom. The number of halogens is 3. The number of thiophene rings is 1. The summed E-state index contributed by atoms with van der Waals surface area (Å²) in [7, 11) is 0. The lowest BCUT2D eigenvalue weighted by atomic mass is 10.2. The number of benzene rings is 1. The van der Waals surface area contributed by atoms with E-state index in [0.29, 0.717) is 16.8 Å². The van der Waals surface area contributed by atoms with Crippen LogP contribution in [0, 0.1) is 12.7 Å². The smallest absolute Gasteiger partial charge is 0.257 e. The first-order chi connectivity index (χ1) is 8.47. The highest BCUT2D eigenvalue weighted by Gasteiger charge is 2.14. The molecule has 0 spiro atoms. The van der Waals surface area contributed by atoms with Gasteiger partial charge in [0.1, 0.15) is 5.82 Å². The molecule has 1 heterocycles. The second-order valence-electron chi connectivity index (χ2n) is 3.66. The lowest BCUT2D eigenvalue weighted by Crippen LogP contribution is -2.11. The molecule has 1 aromatic carbocycles. The quantitative estimate of drug-likeness (QED) is 0.767. The van der Waals surface area contributed by atoms with Crippen LogP contribution in [0.15, 0.2) is 31.8 Å². The van der Waals surface area contributed by atoms with Crippen LogP contribution in [-0.4, -0.2) is 5.91 Å². The van der Waals surface area contributed by atoms with Gasteiger partial charge >= 0.3 is 0 Å². The number of rotatable bonds is 2. The van der Waals surface area contributed by atoms with Gasteiger partial charge in [-0.3, -0.25) is 4.79 Å². The first-order valence-electron chi connectivity index (χ1n) is 4.99. The largest absolute Gasteiger partial charge is 0.322 e. The Morgan fingerprint density at radius 3 is 2.61 bits per heavy atom. The second kappa shape index (κ2) is 5.50. The number of carbonyl (C=O) groups excluding carboxylic acids is 1. The SMILES string of the molecule is Cc1ccc(NC(=O)c2cc(Br)sc2Br)cc1F. The summed E-state index contributed by atoms with van der Waals surface area (Å²) in [4.78, 5) is 12.0. The maximum absolute atomic E-state index is 13.3. The van der Waals surface area contributed by atoms with Gasteiger partial charge in [-0.1, -0.05) is 6.07 Å². The molecule has 0 aliphatic rings. The van der Waals surface area contributed by atoms with Crippen molar-refractivity contribution in [3.63, 3.8) is 0 Å². The first kappa shape index (κ1) is 13.7. The molecule has 0 aliphatic heterocycles. The Hall–Kier alpha value is -0.720. The van der Waals surface area contributed by atoms with Crippen LogP contribution in [-0.2, 0) is 0 Å². The molecule has 0 unspecified atom stereocenters. The van der Waals surface area contributed by atoms with Crippen molar-refractivity contribution in [3.8, 4) is 0 Å². The van der Waals surface area contributed by atoms with E-state index in [2.05, 4.69) is 37.2 Å². The number of nitrogens with one attached hydrogen (secondary N) is 1. The lowest BCUT2D eigenvalue weighted by Gasteiger charge is -2.05. The monoisotopic (exact) mass is 391 g/mol. The Kier molecular flexibility index (Phi) is 4.19. The molecule has 1 amide bonds. The van der Waals surface area contributed by atoms with Crippen molar-refractivity contribution in [2.45, 2.75) is 6.92 Å². The maximum Gasteiger partial charge on any atom is 0.257 e. The third-order valence-corrected chi connectivity index (χ3v) is 4.67. The van der Waals surface area contributed by atoms with Gasteiger partial charge in [-0.05, 0) is 62.5 Å². The molecule has 6 heteroatoms. The molecule has 2 aromatic rings. The zero-order chi connectivity index (χ0) is 13.3. The van der Waals surface area contributed by atoms with E-state index in [4.69, 9.17) is 0 Å². The summed E-state index contributed by atoms with van der Waals surface area (Å²) >= 11 is 8.03. The summed E-state index contributed by atoms with van der Waals surface area (Å²) in [5.74, 6) is -0.606. The Morgan fingerprint density at radius 2 is 2.06 bits per heavy atom. The predicted molar refractivity (Wildman–Crippen MR) is 78.8 cm³/mol. The predicted octanol–water partition coefficient (Wildman–Crippen LogP) is 4.97. The molecule has 1 N–H and O–H groups in total. The zero-order valence-electron chi connectivity index (χ0n) is 9.26. The molecule has 0 fully saturated rings. The number of hydrogen-bond donors (Lipinski definition) is 1. The van der Waals surface area contributed by atoms with Gasteiger partial charge < -0.3 is 5.32 Å². The molecule has 0 aliphatic carbocycles. The van der Waals surface area contributed by atoms with Gasteiger partial charge in [-0.25, -0.2) is 4.39 Å². The summed E-state index contributed by atoms with van der Waals surface area (Å²) in [6, 6.07) is 6.33. The fourth-order valence-corrected chi connectivity index (χ4v) is 4.16. The fourth-order valence-electron chi connectivity index (χ4n) is 1.36. The van der Waals surface area contributed by atoms with Crippen molar-refractivity contribution in [1.82, 2.24) is 0 Å². The number of anilines is 1. The Labute approximate surface area is 124 Å². The van der Waals surface area contributed by atoms with E-state index in [1.54, 1.807) is 25.1 Å². The van der Waals surface area contributed by atoms with Gasteiger partial charge in [0.2, 0.25) is 0 Å². The minimum Gasteiger partial charge on any atom is -0.322 e. The van der Waals surface area contributed by atoms with Crippen molar-refractivity contribution in [3.05, 3.63) is 48.8 Å². The van der Waals surface area contributed by atoms with Gasteiger partial charge in [0, 0.05) is 5.69 Å². The van der Waals surface area contributed by atoms with Crippen LogP contribution in [0.4, 0.5) is 10.1 Å². The summed E-state index contributed by atoms with van der Waals surface area (Å²) in [5, 5.41) is 2.66. The average Bonchev–Trinajstić information content (AvgIpc) is 2.63. The summed E-state index contributed by atoms with van der Waals surface area (Å²) < 4.78 is 14.9. The van der Waals surface area contributed by atoms with Crippen molar-refractivity contribution < 1.29 is 9.18 Å². The highest BCUT2D eigenvalue weighted by Crippen LogP contribution is 2.32. The van der Waals surface area contributed by atoms with Crippen LogP contribution in [0.2, 0.25) is 0 Å². The Bertz CT molecular complexity index is 612. The van der Waals surface area contributed by atoms with Crippen LogP contribution in [0.25, 0.3) is 0 Å². The van der Waals surface area contributed by atoms with E-state index >= 15 is 0 Å². The van der Waals surface area contributed by atoms with Crippen LogP contribution in [0.5, 0.6) is 0 Å². The Balaban J connectivity index is 2.21. The molecular formula is C12H8Br2FNOS. The lowest BCUT2D eigenvalue weighted by molar-refractivity contribution is 0.102. The third kappa shape index (κ3) is 2.99. The van der Waals surface area contributed by atoms with Crippen LogP contribution < -0.4 is 5.32 Å². The van der Waals surface area contributed by atoms with Gasteiger partial charge in [0.15, 0.2) is 0 Å². The molecule has 0 saturated heterocycles. The van der Waals surface area contributed by atoms with E-state index in [0.717, 1.165) is 7.57 Å². The first-order valence-corrected chi connectivity index (χ1v) is 7.40. The van der Waals surface area contributed by atoms with Crippen LogP contribution in [0.1, 0.15) is 15.9 Å². The molecular weight excluding hydrogens is 385 g/mol. The minimum absolute atomic E-state index is 0.271. The van der Waals surface area contributed by atoms with E-state index in [-0.39, 0.29) is 11.7 Å². The summed E-state index contributed by atoms with van der Waals surface area (Å²) in [6.07, 6.45) is 0. The molecule has 18 heavy (non-hydrogen) atoms. The molecule has 0 bridgehead atoms. The second-order valence-corrected chi connectivity index (χ2v) is 7.41. The van der Waals surface area contributed by atoms with Crippen molar-refractivity contribution in [1.29, 1.82) is 0 Å². The van der Waals surface area contributed by atoms with E-state index in [9.17, 15) is 9.18 Å². The van der Waals surface area contributed by atoms with Crippen molar-refractivity contribution in [2.75, 3.05) is 5.32 Å². The van der Waals surface area contributed by atoms with Crippen molar-refractivity contribution in [2.24, 2.45) is 0 Å². The van der Waals surface area contributed by atoms with Gasteiger partial charge in [0.05, 0.1) is 13.1 Å². The third-order valence-electron chi connectivity index (χ3n) is 2.33. The number of aryl methyl sites for hydroxylation is 1. The van der Waals surface area contributed by atoms with E-state index < -0.39 is 0 Å². The molecule has 94 valence electrons. The average molecular weight is 393 g/mol. The topological polar surface area (TPSA) is 29.1 Å². The highest BCUT2D eigenvalue weighted by molar-refractivity contribution is 9.12. The van der Waals surface area contributed by atoms with E-state index in [1.165, 1.54) is 17.4 Å². The van der Waals surface area contributed by atoms with Gasteiger partial charge in [-0.2, -0.15) is 0 Å². The molecule has 0 atom stereocenters. The molecule has 2 rings (SSSR count). The van der Waals surface area contributed by atoms with Crippen molar-refractivity contribution >= 4 is 54.8 Å². The van der Waals surface area contributed by atoms with E-state index in [1.807, 2.05) is 0 Å². The van der Waals surface area contributed by atoms with Gasteiger partial charge in [-0.15, -0.1) is 11.3 Å². The molecule has 1 aromatic heterocycles. The zero-order valence-corrected chi connectivity index (χ0v) is 13.2. The molecule has 0 saturated carbocycles. The normalized spacial score (nSPS) is 10.4. The number of carbonyl (C=O) groups is 1. The highest BCUT2D eigenvalue weighted by atomic mass is 79.9. The molecule has 2 nitrogen and oxygen atoms in total. The van der Waals surface area contributed by atoms with Crippen LogP contribution in [0.3, 0.4) is 0 Å². The number of hydrogen-bond acceptors (Lipinski definition) is 2. The summed E-state index contributed by atoms with van der Waals surface area (Å²) in [6.45, 7) is 1.67. The number of amides is 1. The summed E-state index contributed by atoms with van der Waals surface area (Å²) in [5.41, 5.74) is 1.51. The standard InChI is InChI=1S/C12H8Br2FNOS/c1-6-2-3-7(4-9(6)15)16-12(17)8-5-10(13)18-11(8)14/h2-5H,1H3,(H,16,17). The van der Waals surface area contributed by atoms with Crippen LogP contribution >= 0.6 is 43.2 Å². The minimum atomic E-state index is -0.335. The van der Waals surface area contributed by atoms with Gasteiger partial charge in [0.25, 0.3) is 5.91 Å². The maximum atomic E-state index is 13.3.